The molecule has 0 unspecified atom stereocenters. The number of methoxy groups -OCH3 is 2. The van der Waals surface area contributed by atoms with E-state index in [1.165, 1.54) is 7.11 Å². The molecule has 0 saturated heterocycles. The second-order valence-corrected chi connectivity index (χ2v) is 4.64. The Morgan fingerprint density at radius 1 is 0.952 bits per heavy atom. The van der Waals surface area contributed by atoms with Crippen molar-refractivity contribution >= 4 is 10.8 Å². The minimum absolute atomic E-state index is 0.192. The van der Waals surface area contributed by atoms with Gasteiger partial charge in [0.1, 0.15) is 0 Å². The van der Waals surface area contributed by atoms with E-state index in [1.54, 1.807) is 13.2 Å². The van der Waals surface area contributed by atoms with Crippen LogP contribution >= 0.6 is 0 Å². The highest BCUT2D eigenvalue weighted by Crippen LogP contribution is 2.34. The van der Waals surface area contributed by atoms with E-state index in [9.17, 15) is 4.79 Å². The number of pyridine rings is 1. The highest BCUT2D eigenvalue weighted by Gasteiger charge is 2.13. The van der Waals surface area contributed by atoms with E-state index >= 15 is 0 Å². The van der Waals surface area contributed by atoms with Crippen molar-refractivity contribution in [3.8, 4) is 22.8 Å². The quantitative estimate of drug-likeness (QED) is 0.802. The molecule has 106 valence electrons. The highest BCUT2D eigenvalue weighted by atomic mass is 16.5. The van der Waals surface area contributed by atoms with Crippen LogP contribution in [-0.2, 0) is 0 Å². The molecular weight excluding hydrogens is 266 g/mol. The Kier molecular flexibility index (Phi) is 3.36. The molecule has 0 aliphatic rings. The number of aromatic nitrogens is 1. The average Bonchev–Trinajstić information content (AvgIpc) is 2.54. The molecule has 3 aromatic rings. The van der Waals surface area contributed by atoms with E-state index in [2.05, 4.69) is 4.98 Å². The Balaban J connectivity index is 2.30. The van der Waals surface area contributed by atoms with Crippen LogP contribution in [0.1, 0.15) is 0 Å². The number of benzene rings is 2. The third-order valence-corrected chi connectivity index (χ3v) is 3.44. The van der Waals surface area contributed by atoms with Gasteiger partial charge in [0.25, 0.3) is 5.56 Å². The first-order chi connectivity index (χ1) is 10.2. The number of fused-ring (bicyclic) bond motifs is 1. The SMILES string of the molecule is COc1ccc2cc(-c3ccccc3)[nH]c(=O)c2c1OC. The lowest BCUT2D eigenvalue weighted by Crippen LogP contribution is -2.09. The molecule has 0 spiro atoms. The molecule has 0 aliphatic carbocycles. The third-order valence-electron chi connectivity index (χ3n) is 3.44. The number of nitrogens with one attached hydrogen (secondary N) is 1. The van der Waals surface area contributed by atoms with Gasteiger partial charge in [-0.25, -0.2) is 0 Å². The minimum atomic E-state index is -0.192. The fraction of sp³-hybridized carbons (Fsp3) is 0.118. The number of H-pyrrole nitrogens is 1. The standard InChI is InChI=1S/C17H15NO3/c1-20-14-9-8-12-10-13(11-6-4-3-5-7-11)18-17(19)15(12)16(14)21-2/h3-10H,1-2H3,(H,18,19). The van der Waals surface area contributed by atoms with Gasteiger partial charge in [0.15, 0.2) is 11.5 Å². The van der Waals surface area contributed by atoms with Crippen LogP contribution in [0.25, 0.3) is 22.0 Å². The molecule has 0 radical (unpaired) electrons. The zero-order chi connectivity index (χ0) is 14.8. The van der Waals surface area contributed by atoms with Crippen LogP contribution in [0.5, 0.6) is 11.5 Å². The number of ether oxygens (including phenoxy) is 2. The zero-order valence-electron chi connectivity index (χ0n) is 11.8. The van der Waals surface area contributed by atoms with Gasteiger partial charge in [0, 0.05) is 5.69 Å². The molecule has 21 heavy (non-hydrogen) atoms. The van der Waals surface area contributed by atoms with Gasteiger partial charge in [-0.2, -0.15) is 0 Å². The molecule has 0 bridgehead atoms. The number of rotatable bonds is 3. The summed E-state index contributed by atoms with van der Waals surface area (Å²) in [5.41, 5.74) is 1.55. The molecule has 4 nitrogen and oxygen atoms in total. The van der Waals surface area contributed by atoms with E-state index in [1.807, 2.05) is 42.5 Å². The van der Waals surface area contributed by atoms with Gasteiger partial charge in [-0.15, -0.1) is 0 Å². The molecule has 3 rings (SSSR count). The Labute approximate surface area is 122 Å². The monoisotopic (exact) mass is 281 g/mol. The van der Waals surface area contributed by atoms with Gasteiger partial charge in [-0.05, 0) is 23.1 Å². The average molecular weight is 281 g/mol. The Hall–Kier alpha value is -2.75. The summed E-state index contributed by atoms with van der Waals surface area (Å²) in [7, 11) is 3.08. The first kappa shape index (κ1) is 13.2. The smallest absolute Gasteiger partial charge is 0.260 e. The largest absolute Gasteiger partial charge is 0.493 e. The lowest BCUT2D eigenvalue weighted by atomic mass is 10.1. The van der Waals surface area contributed by atoms with Crippen LogP contribution in [0.2, 0.25) is 0 Å². The Bertz CT molecular complexity index is 838. The maximum atomic E-state index is 12.4. The van der Waals surface area contributed by atoms with Crippen molar-refractivity contribution in [1.29, 1.82) is 0 Å². The van der Waals surface area contributed by atoms with Crippen molar-refractivity contribution in [2.24, 2.45) is 0 Å². The minimum Gasteiger partial charge on any atom is -0.493 e. The van der Waals surface area contributed by atoms with Crippen LogP contribution in [0.3, 0.4) is 0 Å². The topological polar surface area (TPSA) is 51.3 Å². The highest BCUT2D eigenvalue weighted by molar-refractivity contribution is 5.92. The van der Waals surface area contributed by atoms with Crippen LogP contribution in [0.4, 0.5) is 0 Å². The lowest BCUT2D eigenvalue weighted by Gasteiger charge is -2.11. The van der Waals surface area contributed by atoms with Gasteiger partial charge >= 0.3 is 0 Å². The second-order valence-electron chi connectivity index (χ2n) is 4.64. The van der Waals surface area contributed by atoms with Crippen LogP contribution in [0, 0.1) is 0 Å². The van der Waals surface area contributed by atoms with Crippen molar-refractivity contribution < 1.29 is 9.47 Å². The first-order valence-corrected chi connectivity index (χ1v) is 6.58. The van der Waals surface area contributed by atoms with Crippen molar-refractivity contribution in [1.82, 2.24) is 4.98 Å². The van der Waals surface area contributed by atoms with Crippen LogP contribution in [0.15, 0.2) is 53.3 Å². The van der Waals surface area contributed by atoms with Crippen LogP contribution < -0.4 is 15.0 Å². The van der Waals surface area contributed by atoms with Gasteiger partial charge in [0.2, 0.25) is 0 Å². The predicted molar refractivity (Wildman–Crippen MR) is 83.1 cm³/mol. The molecule has 0 atom stereocenters. The summed E-state index contributed by atoms with van der Waals surface area (Å²) in [5.74, 6) is 0.999. The van der Waals surface area contributed by atoms with Crippen molar-refractivity contribution in [3.63, 3.8) is 0 Å². The molecule has 0 aliphatic heterocycles. The lowest BCUT2D eigenvalue weighted by molar-refractivity contribution is 0.358. The summed E-state index contributed by atoms with van der Waals surface area (Å²) in [6, 6.07) is 15.3. The summed E-state index contributed by atoms with van der Waals surface area (Å²) in [6.07, 6.45) is 0. The van der Waals surface area contributed by atoms with E-state index in [4.69, 9.17) is 9.47 Å². The fourth-order valence-corrected chi connectivity index (χ4v) is 2.45. The summed E-state index contributed by atoms with van der Waals surface area (Å²) in [6.45, 7) is 0. The fourth-order valence-electron chi connectivity index (χ4n) is 2.45. The second kappa shape index (κ2) is 5.32. The van der Waals surface area contributed by atoms with Crippen LogP contribution in [-0.4, -0.2) is 19.2 Å². The van der Waals surface area contributed by atoms with E-state index in [-0.39, 0.29) is 5.56 Å². The molecule has 0 saturated carbocycles. The third kappa shape index (κ3) is 2.25. The van der Waals surface area contributed by atoms with Gasteiger partial charge in [-0.3, -0.25) is 4.79 Å². The van der Waals surface area contributed by atoms with E-state index in [0.29, 0.717) is 16.9 Å². The molecule has 1 N–H and O–H groups in total. The predicted octanol–water partition coefficient (Wildman–Crippen LogP) is 3.21. The first-order valence-electron chi connectivity index (χ1n) is 6.58. The number of aromatic amines is 1. The summed E-state index contributed by atoms with van der Waals surface area (Å²) in [4.78, 5) is 15.3. The van der Waals surface area contributed by atoms with E-state index in [0.717, 1.165) is 16.6 Å². The maximum absolute atomic E-state index is 12.4. The van der Waals surface area contributed by atoms with Crippen molar-refractivity contribution in [2.75, 3.05) is 14.2 Å². The van der Waals surface area contributed by atoms with Crippen molar-refractivity contribution in [2.45, 2.75) is 0 Å². The normalized spacial score (nSPS) is 10.6. The summed E-state index contributed by atoms with van der Waals surface area (Å²) < 4.78 is 10.6. The molecule has 1 aromatic heterocycles. The van der Waals surface area contributed by atoms with Gasteiger partial charge in [-0.1, -0.05) is 36.4 Å². The maximum Gasteiger partial charge on any atom is 0.260 e. The Morgan fingerprint density at radius 3 is 2.38 bits per heavy atom. The molecule has 4 heteroatoms. The van der Waals surface area contributed by atoms with E-state index < -0.39 is 0 Å². The summed E-state index contributed by atoms with van der Waals surface area (Å²) in [5, 5.41) is 1.31. The molecule has 1 heterocycles. The van der Waals surface area contributed by atoms with Gasteiger partial charge < -0.3 is 14.5 Å². The van der Waals surface area contributed by atoms with Gasteiger partial charge in [0.05, 0.1) is 19.6 Å². The summed E-state index contributed by atoms with van der Waals surface area (Å²) >= 11 is 0. The zero-order valence-corrected chi connectivity index (χ0v) is 11.8. The van der Waals surface area contributed by atoms with Crippen molar-refractivity contribution in [3.05, 3.63) is 58.9 Å². The number of hydrogen-bond donors (Lipinski definition) is 1. The number of hydrogen-bond acceptors (Lipinski definition) is 3. The Morgan fingerprint density at radius 2 is 1.71 bits per heavy atom. The molecular formula is C17H15NO3. The molecule has 2 aromatic carbocycles. The molecule has 0 amide bonds. The molecule has 0 fully saturated rings.